The van der Waals surface area contributed by atoms with Crippen LogP contribution in [0.3, 0.4) is 0 Å². The van der Waals surface area contributed by atoms with Crippen molar-refractivity contribution in [2.75, 3.05) is 13.2 Å². The molecule has 106 valence electrons. The summed E-state index contributed by atoms with van der Waals surface area (Å²) in [6.07, 6.45) is 0.915. The second kappa shape index (κ2) is 7.08. The van der Waals surface area contributed by atoms with Crippen molar-refractivity contribution in [2.24, 2.45) is 5.73 Å². The third kappa shape index (κ3) is 4.08. The molecule has 0 spiro atoms. The van der Waals surface area contributed by atoms with Crippen LogP contribution in [0.15, 0.2) is 48.5 Å². The van der Waals surface area contributed by atoms with Gasteiger partial charge in [0.2, 0.25) is 0 Å². The van der Waals surface area contributed by atoms with Crippen LogP contribution in [0.2, 0.25) is 0 Å². The van der Waals surface area contributed by atoms with E-state index in [1.807, 2.05) is 19.1 Å². The topological polar surface area (TPSA) is 55.5 Å². The molecule has 0 saturated carbocycles. The van der Waals surface area contributed by atoms with E-state index in [0.717, 1.165) is 17.7 Å². The third-order valence-corrected chi connectivity index (χ3v) is 3.18. The molecule has 0 aliphatic rings. The van der Waals surface area contributed by atoms with Gasteiger partial charge in [-0.15, -0.1) is 0 Å². The van der Waals surface area contributed by atoms with Crippen LogP contribution in [0.25, 0.3) is 0 Å². The normalized spacial score (nSPS) is 12.2. The molecule has 0 heterocycles. The largest absolute Gasteiger partial charge is 0.492 e. The molecule has 0 radical (unpaired) electrons. The van der Waals surface area contributed by atoms with Gasteiger partial charge >= 0.3 is 0 Å². The summed E-state index contributed by atoms with van der Waals surface area (Å²) in [6.45, 7) is 2.29. The third-order valence-electron chi connectivity index (χ3n) is 3.18. The maximum atomic E-state index is 8.89. The average molecular weight is 271 g/mol. The minimum absolute atomic E-state index is 0.0643. The van der Waals surface area contributed by atoms with Crippen LogP contribution in [0.4, 0.5) is 0 Å². The highest BCUT2D eigenvalue weighted by Crippen LogP contribution is 2.21. The van der Waals surface area contributed by atoms with Gasteiger partial charge in [0.25, 0.3) is 0 Å². The summed E-state index contributed by atoms with van der Waals surface area (Å²) in [7, 11) is 0. The molecule has 2 aromatic carbocycles. The van der Waals surface area contributed by atoms with E-state index in [1.165, 1.54) is 11.1 Å². The maximum Gasteiger partial charge on any atom is 0.122 e. The van der Waals surface area contributed by atoms with E-state index >= 15 is 0 Å². The van der Waals surface area contributed by atoms with Crippen molar-refractivity contribution in [3.05, 3.63) is 65.2 Å². The molecule has 0 fully saturated rings. The van der Waals surface area contributed by atoms with Gasteiger partial charge in [0, 0.05) is 0 Å². The summed E-state index contributed by atoms with van der Waals surface area (Å²) in [6, 6.07) is 16.2. The minimum Gasteiger partial charge on any atom is -0.492 e. The van der Waals surface area contributed by atoms with Gasteiger partial charge in [0.05, 0.1) is 12.6 Å². The summed E-state index contributed by atoms with van der Waals surface area (Å²) >= 11 is 0. The van der Waals surface area contributed by atoms with Gasteiger partial charge in [-0.25, -0.2) is 0 Å². The number of aliphatic hydroxyl groups excluding tert-OH is 1. The van der Waals surface area contributed by atoms with Crippen molar-refractivity contribution in [1.29, 1.82) is 0 Å². The van der Waals surface area contributed by atoms with Crippen molar-refractivity contribution >= 4 is 0 Å². The molecule has 2 rings (SSSR count). The highest BCUT2D eigenvalue weighted by molar-refractivity contribution is 5.38. The monoisotopic (exact) mass is 271 g/mol. The fraction of sp³-hybridized carbons (Fsp3) is 0.294. The second-order valence-electron chi connectivity index (χ2n) is 5.02. The van der Waals surface area contributed by atoms with Crippen LogP contribution in [-0.2, 0) is 6.42 Å². The Kier molecular flexibility index (Phi) is 5.16. The lowest BCUT2D eigenvalue weighted by atomic mass is 10.0. The average Bonchev–Trinajstić information content (AvgIpc) is 2.47. The molecule has 0 aliphatic carbocycles. The standard InChI is InChI=1S/C17H21NO2/c1-13-9-15(10-14-5-3-2-4-6-14)7-8-17(13)20-12-16(18)11-19/h2-9,16,19H,10-12,18H2,1H3. The number of aliphatic hydroxyl groups is 1. The number of nitrogens with two attached hydrogens (primary N) is 1. The zero-order valence-corrected chi connectivity index (χ0v) is 11.8. The lowest BCUT2D eigenvalue weighted by molar-refractivity contribution is 0.206. The predicted molar refractivity (Wildman–Crippen MR) is 81.0 cm³/mol. The van der Waals surface area contributed by atoms with Gasteiger partial charge in [0.1, 0.15) is 12.4 Å². The Morgan fingerprint density at radius 1 is 1.10 bits per heavy atom. The first-order chi connectivity index (χ1) is 9.69. The highest BCUT2D eigenvalue weighted by Gasteiger charge is 2.05. The summed E-state index contributed by atoms with van der Waals surface area (Å²) in [5.74, 6) is 0.825. The zero-order valence-electron chi connectivity index (χ0n) is 11.8. The van der Waals surface area contributed by atoms with Crippen molar-refractivity contribution in [3.63, 3.8) is 0 Å². The predicted octanol–water partition coefficient (Wildman–Crippen LogP) is 2.28. The van der Waals surface area contributed by atoms with Crippen molar-refractivity contribution < 1.29 is 9.84 Å². The Bertz CT molecular complexity index is 540. The van der Waals surface area contributed by atoms with Gasteiger partial charge in [0.15, 0.2) is 0 Å². The number of hydrogen-bond acceptors (Lipinski definition) is 3. The quantitative estimate of drug-likeness (QED) is 0.847. The minimum atomic E-state index is -0.335. The van der Waals surface area contributed by atoms with E-state index in [2.05, 4.69) is 36.4 Å². The van der Waals surface area contributed by atoms with E-state index in [4.69, 9.17) is 15.6 Å². The molecule has 20 heavy (non-hydrogen) atoms. The molecular formula is C17H21NO2. The SMILES string of the molecule is Cc1cc(Cc2ccccc2)ccc1OCC(N)CO. The Morgan fingerprint density at radius 2 is 1.85 bits per heavy atom. The van der Waals surface area contributed by atoms with Crippen LogP contribution < -0.4 is 10.5 Å². The van der Waals surface area contributed by atoms with E-state index in [1.54, 1.807) is 0 Å². The Labute approximate surface area is 120 Å². The fourth-order valence-electron chi connectivity index (χ4n) is 2.06. The Hall–Kier alpha value is -1.84. The number of ether oxygens (including phenoxy) is 1. The lowest BCUT2D eigenvalue weighted by Crippen LogP contribution is -2.31. The van der Waals surface area contributed by atoms with Crippen LogP contribution in [0, 0.1) is 6.92 Å². The summed E-state index contributed by atoms with van der Waals surface area (Å²) < 4.78 is 5.61. The molecule has 0 amide bonds. The van der Waals surface area contributed by atoms with Crippen LogP contribution in [-0.4, -0.2) is 24.4 Å². The van der Waals surface area contributed by atoms with Crippen molar-refractivity contribution in [3.8, 4) is 5.75 Å². The maximum absolute atomic E-state index is 8.89. The van der Waals surface area contributed by atoms with Crippen LogP contribution >= 0.6 is 0 Å². The molecule has 3 nitrogen and oxygen atoms in total. The van der Waals surface area contributed by atoms with Gasteiger partial charge in [-0.3, -0.25) is 0 Å². The fourth-order valence-corrected chi connectivity index (χ4v) is 2.06. The first-order valence-electron chi connectivity index (χ1n) is 6.81. The molecule has 0 aromatic heterocycles. The lowest BCUT2D eigenvalue weighted by Gasteiger charge is -2.13. The van der Waals surface area contributed by atoms with E-state index in [0.29, 0.717) is 6.61 Å². The molecule has 0 bridgehead atoms. The van der Waals surface area contributed by atoms with E-state index < -0.39 is 0 Å². The van der Waals surface area contributed by atoms with Crippen LogP contribution in [0.5, 0.6) is 5.75 Å². The van der Waals surface area contributed by atoms with Crippen molar-refractivity contribution in [1.82, 2.24) is 0 Å². The van der Waals surface area contributed by atoms with Gasteiger partial charge in [-0.1, -0.05) is 42.5 Å². The molecule has 1 atom stereocenters. The number of rotatable bonds is 6. The van der Waals surface area contributed by atoms with Gasteiger partial charge < -0.3 is 15.6 Å². The number of benzene rings is 2. The molecular weight excluding hydrogens is 250 g/mol. The number of hydrogen-bond donors (Lipinski definition) is 2. The first-order valence-corrected chi connectivity index (χ1v) is 6.81. The van der Waals surface area contributed by atoms with E-state index in [-0.39, 0.29) is 12.6 Å². The zero-order chi connectivity index (χ0) is 14.4. The summed E-state index contributed by atoms with van der Waals surface area (Å²) in [5, 5.41) is 8.89. The molecule has 1 unspecified atom stereocenters. The van der Waals surface area contributed by atoms with Gasteiger partial charge in [-0.2, -0.15) is 0 Å². The molecule has 3 N–H and O–H groups in total. The van der Waals surface area contributed by atoms with Crippen molar-refractivity contribution in [2.45, 2.75) is 19.4 Å². The molecule has 0 saturated heterocycles. The molecule has 2 aromatic rings. The van der Waals surface area contributed by atoms with Gasteiger partial charge in [-0.05, 0) is 36.1 Å². The Morgan fingerprint density at radius 3 is 2.50 bits per heavy atom. The second-order valence-corrected chi connectivity index (χ2v) is 5.02. The molecule has 3 heteroatoms. The molecule has 0 aliphatic heterocycles. The Balaban J connectivity index is 2.02. The van der Waals surface area contributed by atoms with Crippen LogP contribution in [0.1, 0.15) is 16.7 Å². The summed E-state index contributed by atoms with van der Waals surface area (Å²) in [4.78, 5) is 0. The smallest absolute Gasteiger partial charge is 0.122 e. The number of aryl methyl sites for hydroxylation is 1. The first kappa shape index (κ1) is 14.6. The summed E-state index contributed by atoms with van der Waals surface area (Å²) in [5.41, 5.74) is 9.27. The highest BCUT2D eigenvalue weighted by atomic mass is 16.5. The van der Waals surface area contributed by atoms with E-state index in [9.17, 15) is 0 Å².